The van der Waals surface area contributed by atoms with Crippen LogP contribution in [0.3, 0.4) is 0 Å². The third kappa shape index (κ3) is 4.66. The monoisotopic (exact) mass is 423 g/mol. The number of nitrogens with zero attached hydrogens (tertiary/aromatic N) is 2. The zero-order valence-electron chi connectivity index (χ0n) is 18.1. The molecule has 2 aromatic rings. The van der Waals surface area contributed by atoms with Crippen LogP contribution in [0.15, 0.2) is 42.5 Å². The first-order chi connectivity index (χ1) is 15.1. The van der Waals surface area contributed by atoms with Crippen molar-refractivity contribution in [2.24, 2.45) is 0 Å². The highest BCUT2D eigenvalue weighted by Crippen LogP contribution is 2.30. The molecule has 0 aliphatic carbocycles. The fraction of sp³-hybridized carbons (Fsp3) is 0.417. The number of hydrogen-bond donors (Lipinski definition) is 1. The summed E-state index contributed by atoms with van der Waals surface area (Å²) in [5.74, 6) is 1.12. The van der Waals surface area contributed by atoms with Crippen molar-refractivity contribution in [1.29, 1.82) is 0 Å². The average Bonchev–Trinajstić information content (AvgIpc) is 3.33. The largest absolute Gasteiger partial charge is 0.497 e. The molecule has 2 aromatic carbocycles. The lowest BCUT2D eigenvalue weighted by Crippen LogP contribution is -2.52. The van der Waals surface area contributed by atoms with E-state index in [0.29, 0.717) is 30.2 Å². The van der Waals surface area contributed by atoms with Gasteiger partial charge in [0.25, 0.3) is 0 Å². The van der Waals surface area contributed by atoms with Gasteiger partial charge in [-0.05, 0) is 42.5 Å². The van der Waals surface area contributed by atoms with E-state index in [0.717, 1.165) is 25.9 Å². The van der Waals surface area contributed by atoms with Gasteiger partial charge in [-0.1, -0.05) is 24.3 Å². The standard InChI is InChI=1S/C24H29N3O4/c1-30-19-9-10-22(31-2)20(14-19)25-23(28)16-27-15-18-8-4-3-7-17(18)13-21(27)24(29)26-11-5-6-12-26/h3-4,7-10,14,21H,5-6,11-13,15-16H2,1-2H3,(H,25,28). The van der Waals surface area contributed by atoms with Crippen molar-refractivity contribution in [3.8, 4) is 11.5 Å². The Balaban J connectivity index is 1.53. The van der Waals surface area contributed by atoms with Gasteiger partial charge in [-0.15, -0.1) is 0 Å². The minimum absolute atomic E-state index is 0.124. The van der Waals surface area contributed by atoms with Crippen molar-refractivity contribution in [2.45, 2.75) is 31.8 Å². The number of carbonyl (C=O) groups excluding carboxylic acids is 2. The van der Waals surface area contributed by atoms with Crippen molar-refractivity contribution in [1.82, 2.24) is 9.80 Å². The molecule has 164 valence electrons. The number of nitrogens with one attached hydrogen (secondary N) is 1. The molecule has 2 amide bonds. The molecule has 31 heavy (non-hydrogen) atoms. The van der Waals surface area contributed by atoms with Gasteiger partial charge in [-0.3, -0.25) is 14.5 Å². The maximum atomic E-state index is 13.3. The molecule has 1 N–H and O–H groups in total. The third-order valence-electron chi connectivity index (χ3n) is 6.08. The Hall–Kier alpha value is -3.06. The minimum atomic E-state index is -0.328. The van der Waals surface area contributed by atoms with Crippen molar-refractivity contribution in [3.05, 3.63) is 53.6 Å². The van der Waals surface area contributed by atoms with Gasteiger partial charge < -0.3 is 19.7 Å². The highest BCUT2D eigenvalue weighted by Gasteiger charge is 2.35. The third-order valence-corrected chi connectivity index (χ3v) is 6.08. The van der Waals surface area contributed by atoms with Crippen LogP contribution in [0.5, 0.6) is 11.5 Å². The zero-order valence-corrected chi connectivity index (χ0v) is 18.1. The molecular formula is C24H29N3O4. The molecule has 7 nitrogen and oxygen atoms in total. The summed E-state index contributed by atoms with van der Waals surface area (Å²) in [6, 6.07) is 13.1. The van der Waals surface area contributed by atoms with Crippen LogP contribution in [-0.2, 0) is 22.6 Å². The average molecular weight is 424 g/mol. The van der Waals surface area contributed by atoms with Crippen LogP contribution in [0.4, 0.5) is 5.69 Å². The summed E-state index contributed by atoms with van der Waals surface area (Å²) in [5.41, 5.74) is 2.90. The van der Waals surface area contributed by atoms with E-state index in [1.807, 2.05) is 21.9 Å². The molecule has 1 unspecified atom stereocenters. The van der Waals surface area contributed by atoms with Gasteiger partial charge >= 0.3 is 0 Å². The lowest BCUT2D eigenvalue weighted by molar-refractivity contribution is -0.137. The van der Waals surface area contributed by atoms with Crippen LogP contribution in [0.25, 0.3) is 0 Å². The summed E-state index contributed by atoms with van der Waals surface area (Å²) in [7, 11) is 3.14. The van der Waals surface area contributed by atoms with Gasteiger partial charge in [0, 0.05) is 25.7 Å². The number of benzene rings is 2. The Morgan fingerprint density at radius 2 is 1.77 bits per heavy atom. The van der Waals surface area contributed by atoms with E-state index in [2.05, 4.69) is 17.4 Å². The van der Waals surface area contributed by atoms with E-state index >= 15 is 0 Å². The minimum Gasteiger partial charge on any atom is -0.497 e. The highest BCUT2D eigenvalue weighted by atomic mass is 16.5. The van der Waals surface area contributed by atoms with E-state index in [1.54, 1.807) is 32.4 Å². The first-order valence-corrected chi connectivity index (χ1v) is 10.7. The summed E-state index contributed by atoms with van der Waals surface area (Å²) in [4.78, 5) is 30.2. The van der Waals surface area contributed by atoms with Crippen LogP contribution in [0.1, 0.15) is 24.0 Å². The van der Waals surface area contributed by atoms with Crippen LogP contribution < -0.4 is 14.8 Å². The van der Waals surface area contributed by atoms with Gasteiger partial charge in [-0.2, -0.15) is 0 Å². The van der Waals surface area contributed by atoms with Crippen LogP contribution >= 0.6 is 0 Å². The number of ether oxygens (including phenoxy) is 2. The number of fused-ring (bicyclic) bond motifs is 1. The van der Waals surface area contributed by atoms with Gasteiger partial charge in [-0.25, -0.2) is 0 Å². The molecule has 1 fully saturated rings. The molecule has 0 bridgehead atoms. The van der Waals surface area contributed by atoms with Gasteiger partial charge in [0.1, 0.15) is 11.5 Å². The fourth-order valence-electron chi connectivity index (χ4n) is 4.42. The molecule has 0 aromatic heterocycles. The van der Waals surface area contributed by atoms with E-state index in [4.69, 9.17) is 9.47 Å². The highest BCUT2D eigenvalue weighted by molar-refractivity contribution is 5.94. The van der Waals surface area contributed by atoms with Crippen molar-refractivity contribution < 1.29 is 19.1 Å². The molecule has 0 saturated carbocycles. The molecule has 0 spiro atoms. The number of rotatable bonds is 6. The predicted octanol–water partition coefficient (Wildman–Crippen LogP) is 2.69. The van der Waals surface area contributed by atoms with Crippen LogP contribution in [-0.4, -0.2) is 61.5 Å². The van der Waals surface area contributed by atoms with Crippen molar-refractivity contribution in [2.75, 3.05) is 39.2 Å². The summed E-state index contributed by atoms with van der Waals surface area (Å²) in [6.45, 7) is 2.30. The molecule has 1 saturated heterocycles. The van der Waals surface area contributed by atoms with Crippen molar-refractivity contribution >= 4 is 17.5 Å². The maximum absolute atomic E-state index is 13.3. The number of amides is 2. The number of carbonyl (C=O) groups is 2. The second-order valence-corrected chi connectivity index (χ2v) is 8.04. The Bertz CT molecular complexity index is 956. The van der Waals surface area contributed by atoms with Gasteiger partial charge in [0.05, 0.1) is 32.5 Å². The van der Waals surface area contributed by atoms with Gasteiger partial charge in [0.2, 0.25) is 11.8 Å². The lowest BCUT2D eigenvalue weighted by atomic mass is 9.93. The van der Waals surface area contributed by atoms with Crippen molar-refractivity contribution in [3.63, 3.8) is 0 Å². The van der Waals surface area contributed by atoms with Crippen LogP contribution in [0, 0.1) is 0 Å². The summed E-state index contributed by atoms with van der Waals surface area (Å²) < 4.78 is 10.6. The fourth-order valence-corrected chi connectivity index (χ4v) is 4.42. The molecule has 2 aliphatic rings. The lowest BCUT2D eigenvalue weighted by Gasteiger charge is -2.37. The topological polar surface area (TPSA) is 71.1 Å². The maximum Gasteiger partial charge on any atom is 0.240 e. The SMILES string of the molecule is COc1ccc(OC)c(NC(=O)CN2Cc3ccccc3CC2C(=O)N2CCCC2)c1. The van der Waals surface area contributed by atoms with Crippen LogP contribution in [0.2, 0.25) is 0 Å². The summed E-state index contributed by atoms with van der Waals surface area (Å²) >= 11 is 0. The van der Waals surface area contributed by atoms with E-state index in [-0.39, 0.29) is 24.4 Å². The quantitative estimate of drug-likeness (QED) is 0.774. The molecule has 0 radical (unpaired) electrons. The molecule has 4 rings (SSSR count). The number of anilines is 1. The number of hydrogen-bond acceptors (Lipinski definition) is 5. The molecular weight excluding hydrogens is 394 g/mol. The predicted molar refractivity (Wildman–Crippen MR) is 118 cm³/mol. The Labute approximate surface area is 182 Å². The molecule has 7 heteroatoms. The second-order valence-electron chi connectivity index (χ2n) is 8.04. The molecule has 2 heterocycles. The molecule has 1 atom stereocenters. The van der Waals surface area contributed by atoms with E-state index in [1.165, 1.54) is 11.1 Å². The Morgan fingerprint density at radius 1 is 1.03 bits per heavy atom. The summed E-state index contributed by atoms with van der Waals surface area (Å²) in [6.07, 6.45) is 2.72. The Kier molecular flexibility index (Phi) is 6.42. The summed E-state index contributed by atoms with van der Waals surface area (Å²) in [5, 5.41) is 2.93. The Morgan fingerprint density at radius 3 is 2.48 bits per heavy atom. The first kappa shape index (κ1) is 21.2. The van der Waals surface area contributed by atoms with Gasteiger partial charge in [0.15, 0.2) is 0 Å². The van der Waals surface area contributed by atoms with E-state index < -0.39 is 0 Å². The second kappa shape index (κ2) is 9.39. The normalized spacial score (nSPS) is 18.4. The van der Waals surface area contributed by atoms with E-state index in [9.17, 15) is 9.59 Å². The number of likely N-dealkylation sites (tertiary alicyclic amines) is 1. The zero-order chi connectivity index (χ0) is 21.8. The first-order valence-electron chi connectivity index (χ1n) is 10.7. The molecule has 2 aliphatic heterocycles. The number of methoxy groups -OCH3 is 2. The smallest absolute Gasteiger partial charge is 0.240 e.